The highest BCUT2D eigenvalue weighted by atomic mass is 19.4. The first-order valence-corrected chi connectivity index (χ1v) is 5.14. The molecule has 1 N–H and O–H groups in total. The predicted octanol–water partition coefficient (Wildman–Crippen LogP) is 2.31. The fourth-order valence-corrected chi connectivity index (χ4v) is 1.11. The van der Waals surface area contributed by atoms with Crippen LogP contribution in [0, 0.1) is 0 Å². The number of amides is 1. The molecule has 1 amide bonds. The number of ether oxygens (including phenoxy) is 1. The molecule has 0 unspecified atom stereocenters. The lowest BCUT2D eigenvalue weighted by molar-refractivity contribution is -0.184. The number of nitrogens with one attached hydrogen (secondary N) is 1. The molecule has 0 aromatic heterocycles. The quantitative estimate of drug-likeness (QED) is 0.829. The SMILES string of the molecule is CCOc1ccc(C(=O)NOCC(F)(F)F)cc1. The van der Waals surface area contributed by atoms with E-state index in [-0.39, 0.29) is 5.56 Å². The molecule has 18 heavy (non-hydrogen) atoms. The van der Waals surface area contributed by atoms with Crippen LogP contribution in [0.25, 0.3) is 0 Å². The third-order valence-corrected chi connectivity index (χ3v) is 1.83. The Morgan fingerprint density at radius 3 is 2.39 bits per heavy atom. The lowest BCUT2D eigenvalue weighted by Gasteiger charge is -2.08. The Hall–Kier alpha value is -1.76. The van der Waals surface area contributed by atoms with E-state index in [9.17, 15) is 18.0 Å². The minimum absolute atomic E-state index is 0.181. The Morgan fingerprint density at radius 2 is 1.89 bits per heavy atom. The summed E-state index contributed by atoms with van der Waals surface area (Å²) >= 11 is 0. The summed E-state index contributed by atoms with van der Waals surface area (Å²) < 4.78 is 40.4. The van der Waals surface area contributed by atoms with Gasteiger partial charge in [0.05, 0.1) is 6.61 Å². The molecule has 4 nitrogen and oxygen atoms in total. The van der Waals surface area contributed by atoms with Gasteiger partial charge in [0.25, 0.3) is 5.91 Å². The average molecular weight is 263 g/mol. The van der Waals surface area contributed by atoms with Gasteiger partial charge in [0.2, 0.25) is 0 Å². The minimum Gasteiger partial charge on any atom is -0.494 e. The highest BCUT2D eigenvalue weighted by Crippen LogP contribution is 2.14. The molecule has 0 bridgehead atoms. The Kier molecular flexibility index (Phi) is 4.96. The fraction of sp³-hybridized carbons (Fsp3) is 0.364. The molecule has 1 aromatic carbocycles. The fourth-order valence-electron chi connectivity index (χ4n) is 1.11. The average Bonchev–Trinajstić information content (AvgIpc) is 2.28. The van der Waals surface area contributed by atoms with Crippen LogP contribution in [-0.2, 0) is 4.84 Å². The van der Waals surface area contributed by atoms with Crippen LogP contribution < -0.4 is 10.2 Å². The largest absolute Gasteiger partial charge is 0.494 e. The summed E-state index contributed by atoms with van der Waals surface area (Å²) in [5, 5.41) is 0. The van der Waals surface area contributed by atoms with E-state index in [0.717, 1.165) is 0 Å². The van der Waals surface area contributed by atoms with E-state index in [1.54, 1.807) is 17.6 Å². The highest BCUT2D eigenvalue weighted by Gasteiger charge is 2.28. The van der Waals surface area contributed by atoms with Crippen LogP contribution >= 0.6 is 0 Å². The molecule has 7 heteroatoms. The van der Waals surface area contributed by atoms with Crippen LogP contribution in [0.2, 0.25) is 0 Å². The first-order chi connectivity index (χ1) is 8.42. The molecule has 0 aliphatic heterocycles. The van der Waals surface area contributed by atoms with Crippen LogP contribution in [0.5, 0.6) is 5.75 Å². The van der Waals surface area contributed by atoms with Crippen molar-refractivity contribution in [2.45, 2.75) is 13.1 Å². The van der Waals surface area contributed by atoms with E-state index >= 15 is 0 Å². The summed E-state index contributed by atoms with van der Waals surface area (Å²) in [6, 6.07) is 5.94. The third kappa shape index (κ3) is 5.05. The number of carbonyl (C=O) groups is 1. The first-order valence-electron chi connectivity index (χ1n) is 5.14. The van der Waals surface area contributed by atoms with Crippen LogP contribution in [0.1, 0.15) is 17.3 Å². The number of halogens is 3. The molecule has 0 heterocycles. The summed E-state index contributed by atoms with van der Waals surface area (Å²) in [6.07, 6.45) is -4.48. The zero-order valence-corrected chi connectivity index (χ0v) is 9.58. The first kappa shape index (κ1) is 14.3. The molecule has 1 rings (SSSR count). The topological polar surface area (TPSA) is 47.6 Å². The smallest absolute Gasteiger partial charge is 0.414 e. The second-order valence-corrected chi connectivity index (χ2v) is 3.29. The van der Waals surface area contributed by atoms with E-state index in [1.807, 2.05) is 6.92 Å². The zero-order chi connectivity index (χ0) is 13.6. The van der Waals surface area contributed by atoms with Crippen LogP contribution in [-0.4, -0.2) is 25.3 Å². The van der Waals surface area contributed by atoms with Crippen molar-refractivity contribution >= 4 is 5.91 Å². The van der Waals surface area contributed by atoms with E-state index in [1.165, 1.54) is 12.1 Å². The standard InChI is InChI=1S/C11H12F3NO3/c1-2-17-9-5-3-8(4-6-9)10(16)15-18-7-11(12,13)14/h3-6H,2,7H2,1H3,(H,15,16). The van der Waals surface area contributed by atoms with Gasteiger partial charge >= 0.3 is 6.18 Å². The molecule has 0 atom stereocenters. The molecule has 1 aromatic rings. The van der Waals surface area contributed by atoms with E-state index < -0.39 is 18.7 Å². The van der Waals surface area contributed by atoms with E-state index in [0.29, 0.717) is 12.4 Å². The summed E-state index contributed by atoms with van der Waals surface area (Å²) in [5.74, 6) is -0.174. The number of alkyl halides is 3. The number of hydrogen-bond acceptors (Lipinski definition) is 3. The van der Waals surface area contributed by atoms with Gasteiger partial charge in [0.15, 0.2) is 6.61 Å². The summed E-state index contributed by atoms with van der Waals surface area (Å²) in [4.78, 5) is 15.4. The third-order valence-electron chi connectivity index (χ3n) is 1.83. The lowest BCUT2D eigenvalue weighted by atomic mass is 10.2. The van der Waals surface area contributed by atoms with Gasteiger partial charge in [-0.15, -0.1) is 0 Å². The zero-order valence-electron chi connectivity index (χ0n) is 9.58. The number of hydroxylamine groups is 1. The van der Waals surface area contributed by atoms with Crippen molar-refractivity contribution in [3.05, 3.63) is 29.8 Å². The van der Waals surface area contributed by atoms with E-state index in [2.05, 4.69) is 4.84 Å². The molecule has 0 saturated heterocycles. The van der Waals surface area contributed by atoms with Crippen LogP contribution in [0.4, 0.5) is 13.2 Å². The van der Waals surface area contributed by atoms with Crippen LogP contribution in [0.3, 0.4) is 0 Å². The van der Waals surface area contributed by atoms with Crippen LogP contribution in [0.15, 0.2) is 24.3 Å². The number of carbonyl (C=O) groups excluding carboxylic acids is 1. The highest BCUT2D eigenvalue weighted by molar-refractivity contribution is 5.93. The minimum atomic E-state index is -4.48. The molecule has 0 radical (unpaired) electrons. The number of hydrogen-bond donors (Lipinski definition) is 1. The molecule has 0 fully saturated rings. The molecular weight excluding hydrogens is 251 g/mol. The van der Waals surface area contributed by atoms with Gasteiger partial charge in [-0.3, -0.25) is 9.63 Å². The van der Waals surface area contributed by atoms with Gasteiger partial charge in [0.1, 0.15) is 5.75 Å². The second-order valence-electron chi connectivity index (χ2n) is 3.29. The maximum atomic E-state index is 11.8. The van der Waals surface area contributed by atoms with Crippen molar-refractivity contribution in [2.24, 2.45) is 0 Å². The summed E-state index contributed by atoms with van der Waals surface area (Å²) in [7, 11) is 0. The maximum absolute atomic E-state index is 11.8. The molecule has 100 valence electrons. The molecule has 0 aliphatic rings. The summed E-state index contributed by atoms with van der Waals surface area (Å²) in [5.41, 5.74) is 1.89. The van der Waals surface area contributed by atoms with Gasteiger partial charge in [0, 0.05) is 5.56 Å². The normalized spacial score (nSPS) is 11.1. The van der Waals surface area contributed by atoms with Gasteiger partial charge in [-0.05, 0) is 31.2 Å². The van der Waals surface area contributed by atoms with Crippen molar-refractivity contribution < 1.29 is 27.5 Å². The van der Waals surface area contributed by atoms with Gasteiger partial charge < -0.3 is 4.74 Å². The Balaban J connectivity index is 2.46. The van der Waals surface area contributed by atoms with Gasteiger partial charge in [-0.1, -0.05) is 0 Å². The predicted molar refractivity (Wildman–Crippen MR) is 57.1 cm³/mol. The lowest BCUT2D eigenvalue weighted by Crippen LogP contribution is -2.29. The van der Waals surface area contributed by atoms with Crippen molar-refractivity contribution in [1.29, 1.82) is 0 Å². The Labute approximate surface area is 102 Å². The van der Waals surface area contributed by atoms with Crippen molar-refractivity contribution in [3.63, 3.8) is 0 Å². The number of rotatable bonds is 5. The van der Waals surface area contributed by atoms with Gasteiger partial charge in [-0.25, -0.2) is 5.48 Å². The molecule has 0 saturated carbocycles. The molecular formula is C11H12F3NO3. The summed E-state index contributed by atoms with van der Waals surface area (Å²) in [6.45, 7) is 0.765. The van der Waals surface area contributed by atoms with E-state index in [4.69, 9.17) is 4.74 Å². The van der Waals surface area contributed by atoms with Crippen molar-refractivity contribution in [1.82, 2.24) is 5.48 Å². The van der Waals surface area contributed by atoms with Gasteiger partial charge in [-0.2, -0.15) is 13.2 Å². The Morgan fingerprint density at radius 1 is 1.28 bits per heavy atom. The molecule has 0 aliphatic carbocycles. The Bertz CT molecular complexity index is 390. The number of benzene rings is 1. The van der Waals surface area contributed by atoms with Crippen molar-refractivity contribution in [3.8, 4) is 5.75 Å². The van der Waals surface area contributed by atoms with Crippen molar-refractivity contribution in [2.75, 3.05) is 13.2 Å². The monoisotopic (exact) mass is 263 g/mol. The molecule has 0 spiro atoms. The second kappa shape index (κ2) is 6.25. The maximum Gasteiger partial charge on any atom is 0.414 e.